The maximum absolute atomic E-state index is 13.7. The molecule has 1 aromatic rings. The van der Waals surface area contributed by atoms with Gasteiger partial charge < -0.3 is 10.6 Å². The molecule has 0 bridgehead atoms. The topological polar surface area (TPSA) is 46.3 Å². The fourth-order valence-electron chi connectivity index (χ4n) is 2.65. The normalized spacial score (nSPS) is 20.1. The second kappa shape index (κ2) is 6.04. The quantitative estimate of drug-likeness (QED) is 0.834. The number of benzene rings is 1. The average Bonchev–Trinajstić information content (AvgIpc) is 2.66. The van der Waals surface area contributed by atoms with Crippen LogP contribution >= 0.6 is 0 Å². The molecular weight excluding hydrogens is 243 g/mol. The fourth-order valence-corrected chi connectivity index (χ4v) is 2.65. The number of nitrogens with two attached hydrogens (primary N) is 1. The second-order valence-corrected chi connectivity index (χ2v) is 5.24. The molecule has 3 nitrogen and oxygen atoms in total. The van der Waals surface area contributed by atoms with Crippen LogP contribution in [0.3, 0.4) is 0 Å². The smallest absolute Gasteiger partial charge is 0.256 e. The average molecular weight is 264 g/mol. The first-order valence-electron chi connectivity index (χ1n) is 6.96. The fraction of sp³-hybridized carbons (Fsp3) is 0.533. The molecule has 1 unspecified atom stereocenters. The molecule has 1 heterocycles. The molecule has 0 radical (unpaired) electrons. The Labute approximate surface area is 113 Å². The predicted molar refractivity (Wildman–Crippen MR) is 74.3 cm³/mol. The first kappa shape index (κ1) is 13.8. The van der Waals surface area contributed by atoms with Crippen LogP contribution in [0.15, 0.2) is 18.2 Å². The minimum atomic E-state index is -0.490. The van der Waals surface area contributed by atoms with E-state index in [0.717, 1.165) is 25.7 Å². The number of carbonyl (C=O) groups excluding carboxylic acids is 1. The number of rotatable bonds is 2. The maximum Gasteiger partial charge on any atom is 0.256 e. The Balaban J connectivity index is 2.13. The van der Waals surface area contributed by atoms with Crippen LogP contribution in [-0.2, 0) is 0 Å². The van der Waals surface area contributed by atoms with Gasteiger partial charge in [0.05, 0.1) is 5.56 Å². The van der Waals surface area contributed by atoms with E-state index in [4.69, 9.17) is 5.73 Å². The SMILES string of the molecule is CCC1CCCN(C(=O)c2cc(N)ccc2F)CC1. The summed E-state index contributed by atoms with van der Waals surface area (Å²) in [5.74, 6) is -0.0412. The van der Waals surface area contributed by atoms with E-state index in [1.54, 1.807) is 4.90 Å². The van der Waals surface area contributed by atoms with Gasteiger partial charge in [0, 0.05) is 18.8 Å². The lowest BCUT2D eigenvalue weighted by Gasteiger charge is -2.21. The third-order valence-corrected chi connectivity index (χ3v) is 3.93. The summed E-state index contributed by atoms with van der Waals surface area (Å²) in [6.07, 6.45) is 4.30. The van der Waals surface area contributed by atoms with Crippen molar-refractivity contribution in [2.45, 2.75) is 32.6 Å². The molecule has 1 atom stereocenters. The minimum absolute atomic E-state index is 0.0925. The van der Waals surface area contributed by atoms with Crippen molar-refractivity contribution in [3.63, 3.8) is 0 Å². The van der Waals surface area contributed by atoms with Gasteiger partial charge in [0.2, 0.25) is 0 Å². The highest BCUT2D eigenvalue weighted by Gasteiger charge is 2.22. The Morgan fingerprint density at radius 1 is 1.42 bits per heavy atom. The molecule has 1 amide bonds. The number of halogens is 1. The highest BCUT2D eigenvalue weighted by atomic mass is 19.1. The Kier molecular flexibility index (Phi) is 4.40. The molecular formula is C15H21FN2O. The van der Waals surface area contributed by atoms with Crippen molar-refractivity contribution in [3.8, 4) is 0 Å². The van der Waals surface area contributed by atoms with Gasteiger partial charge in [-0.3, -0.25) is 4.79 Å². The number of likely N-dealkylation sites (tertiary alicyclic amines) is 1. The lowest BCUT2D eigenvalue weighted by molar-refractivity contribution is 0.0755. The highest BCUT2D eigenvalue weighted by Crippen LogP contribution is 2.22. The number of amides is 1. The van der Waals surface area contributed by atoms with Gasteiger partial charge in [-0.05, 0) is 43.4 Å². The molecule has 1 aliphatic rings. The third kappa shape index (κ3) is 3.25. The van der Waals surface area contributed by atoms with Crippen LogP contribution in [0, 0.1) is 11.7 Å². The van der Waals surface area contributed by atoms with Crippen molar-refractivity contribution in [2.24, 2.45) is 5.92 Å². The molecule has 0 aromatic heterocycles. The molecule has 1 saturated heterocycles. The largest absolute Gasteiger partial charge is 0.399 e. The maximum atomic E-state index is 13.7. The molecule has 2 N–H and O–H groups in total. The molecule has 1 fully saturated rings. The monoisotopic (exact) mass is 264 g/mol. The molecule has 4 heteroatoms. The Bertz CT molecular complexity index is 461. The molecule has 0 aliphatic carbocycles. The first-order valence-corrected chi connectivity index (χ1v) is 6.96. The van der Waals surface area contributed by atoms with Crippen molar-refractivity contribution in [3.05, 3.63) is 29.6 Å². The number of anilines is 1. The van der Waals surface area contributed by atoms with Gasteiger partial charge in [-0.1, -0.05) is 13.3 Å². The van der Waals surface area contributed by atoms with E-state index in [2.05, 4.69) is 6.92 Å². The predicted octanol–water partition coefficient (Wildman–Crippen LogP) is 3.06. The van der Waals surface area contributed by atoms with Crippen LogP contribution in [0.4, 0.5) is 10.1 Å². The van der Waals surface area contributed by atoms with E-state index < -0.39 is 5.82 Å². The number of hydrogen-bond acceptors (Lipinski definition) is 2. The van der Waals surface area contributed by atoms with Crippen molar-refractivity contribution in [1.29, 1.82) is 0 Å². The molecule has 1 aromatic carbocycles. The summed E-state index contributed by atoms with van der Waals surface area (Å²) in [7, 11) is 0. The van der Waals surface area contributed by atoms with Gasteiger partial charge in [-0.25, -0.2) is 4.39 Å². The second-order valence-electron chi connectivity index (χ2n) is 5.24. The minimum Gasteiger partial charge on any atom is -0.399 e. The summed E-state index contributed by atoms with van der Waals surface area (Å²) in [5.41, 5.74) is 6.15. The van der Waals surface area contributed by atoms with E-state index in [1.807, 2.05) is 0 Å². The van der Waals surface area contributed by atoms with Gasteiger partial charge in [-0.15, -0.1) is 0 Å². The number of carbonyl (C=O) groups is 1. The molecule has 0 saturated carbocycles. The van der Waals surface area contributed by atoms with E-state index >= 15 is 0 Å². The van der Waals surface area contributed by atoms with Crippen LogP contribution in [0.5, 0.6) is 0 Å². The van der Waals surface area contributed by atoms with E-state index in [1.165, 1.54) is 18.2 Å². The number of nitrogens with zero attached hydrogens (tertiary/aromatic N) is 1. The van der Waals surface area contributed by atoms with Crippen LogP contribution in [0.25, 0.3) is 0 Å². The zero-order valence-corrected chi connectivity index (χ0v) is 11.4. The Hall–Kier alpha value is -1.58. The van der Waals surface area contributed by atoms with E-state index in [-0.39, 0.29) is 11.5 Å². The van der Waals surface area contributed by atoms with Gasteiger partial charge >= 0.3 is 0 Å². The zero-order chi connectivity index (χ0) is 13.8. The summed E-state index contributed by atoms with van der Waals surface area (Å²) in [4.78, 5) is 14.1. The summed E-state index contributed by atoms with van der Waals surface area (Å²) < 4.78 is 13.7. The molecule has 0 spiro atoms. The van der Waals surface area contributed by atoms with Gasteiger partial charge in [0.25, 0.3) is 5.91 Å². The van der Waals surface area contributed by atoms with Crippen LogP contribution < -0.4 is 5.73 Å². The summed E-state index contributed by atoms with van der Waals surface area (Å²) >= 11 is 0. The van der Waals surface area contributed by atoms with Crippen LogP contribution in [0.2, 0.25) is 0 Å². The van der Waals surface area contributed by atoms with E-state index in [0.29, 0.717) is 24.7 Å². The highest BCUT2D eigenvalue weighted by molar-refractivity contribution is 5.95. The standard InChI is InChI=1S/C15H21FN2O/c1-2-11-4-3-8-18(9-7-11)15(19)13-10-12(17)5-6-14(13)16/h5-6,10-11H,2-4,7-9,17H2,1H3. The first-order chi connectivity index (χ1) is 9.11. The van der Waals surface area contributed by atoms with Gasteiger partial charge in [-0.2, -0.15) is 0 Å². The third-order valence-electron chi connectivity index (χ3n) is 3.93. The Morgan fingerprint density at radius 3 is 2.95 bits per heavy atom. The summed E-state index contributed by atoms with van der Waals surface area (Å²) in [5, 5.41) is 0. The lowest BCUT2D eigenvalue weighted by Crippen LogP contribution is -2.32. The number of nitrogen functional groups attached to an aromatic ring is 1. The Morgan fingerprint density at radius 2 is 2.21 bits per heavy atom. The van der Waals surface area contributed by atoms with Gasteiger partial charge in [0.15, 0.2) is 0 Å². The summed E-state index contributed by atoms with van der Waals surface area (Å²) in [6, 6.07) is 4.16. The van der Waals surface area contributed by atoms with Crippen molar-refractivity contribution >= 4 is 11.6 Å². The van der Waals surface area contributed by atoms with Crippen molar-refractivity contribution < 1.29 is 9.18 Å². The number of hydrogen-bond donors (Lipinski definition) is 1. The molecule has 19 heavy (non-hydrogen) atoms. The zero-order valence-electron chi connectivity index (χ0n) is 11.4. The molecule has 2 rings (SSSR count). The molecule has 1 aliphatic heterocycles. The summed E-state index contributed by atoms with van der Waals surface area (Å²) in [6.45, 7) is 3.61. The molecule has 104 valence electrons. The van der Waals surface area contributed by atoms with Gasteiger partial charge in [0.1, 0.15) is 5.82 Å². The van der Waals surface area contributed by atoms with Crippen molar-refractivity contribution in [2.75, 3.05) is 18.8 Å². The van der Waals surface area contributed by atoms with Crippen molar-refractivity contribution in [1.82, 2.24) is 4.90 Å². The van der Waals surface area contributed by atoms with Crippen LogP contribution in [0.1, 0.15) is 43.0 Å². The van der Waals surface area contributed by atoms with E-state index in [9.17, 15) is 9.18 Å². The van der Waals surface area contributed by atoms with Crippen LogP contribution in [-0.4, -0.2) is 23.9 Å². The lowest BCUT2D eigenvalue weighted by atomic mass is 9.98.